The number of ether oxygens (including phenoxy) is 1. The number of carboxylic acids is 1. The van der Waals surface area contributed by atoms with Crippen LogP contribution in [-0.2, 0) is 4.79 Å². The first-order chi connectivity index (χ1) is 15.4. The first-order valence-corrected chi connectivity index (χ1v) is 10.4. The quantitative estimate of drug-likeness (QED) is 0.390. The van der Waals surface area contributed by atoms with Crippen molar-refractivity contribution in [2.24, 2.45) is 0 Å². The molecule has 0 atom stereocenters. The van der Waals surface area contributed by atoms with Gasteiger partial charge in [-0.05, 0) is 73.7 Å². The molecule has 3 aromatic rings. The van der Waals surface area contributed by atoms with Crippen molar-refractivity contribution in [1.29, 1.82) is 0 Å². The fourth-order valence-electron chi connectivity index (χ4n) is 3.20. The molecule has 1 saturated heterocycles. The number of aromatic carboxylic acids is 1. The molecule has 1 fully saturated rings. The number of anilines is 1. The second-order valence-electron chi connectivity index (χ2n) is 6.76. The van der Waals surface area contributed by atoms with Crippen molar-refractivity contribution < 1.29 is 23.8 Å². The average Bonchev–Trinajstić information content (AvgIpc) is 3.34. The number of hydrogen-bond donors (Lipinski definition) is 2. The number of nitrogens with zero attached hydrogens (tertiary/aromatic N) is 1. The largest absolute Gasteiger partial charge is 0.494 e. The van der Waals surface area contributed by atoms with Crippen LogP contribution >= 0.6 is 23.8 Å². The highest BCUT2D eigenvalue weighted by Crippen LogP contribution is 2.29. The van der Waals surface area contributed by atoms with Crippen LogP contribution in [0.25, 0.3) is 17.4 Å². The van der Waals surface area contributed by atoms with E-state index in [2.05, 4.69) is 5.32 Å². The first kappa shape index (κ1) is 21.6. The van der Waals surface area contributed by atoms with Gasteiger partial charge in [-0.3, -0.25) is 9.69 Å². The molecule has 0 aliphatic carbocycles. The van der Waals surface area contributed by atoms with Crippen molar-refractivity contribution in [2.45, 2.75) is 6.92 Å². The van der Waals surface area contributed by atoms with E-state index in [4.69, 9.17) is 33.0 Å². The van der Waals surface area contributed by atoms with Gasteiger partial charge in [-0.1, -0.05) is 11.6 Å². The minimum Gasteiger partial charge on any atom is -0.494 e. The van der Waals surface area contributed by atoms with Crippen molar-refractivity contribution in [2.75, 3.05) is 11.5 Å². The van der Waals surface area contributed by atoms with Gasteiger partial charge in [-0.25, -0.2) is 4.79 Å². The number of furan rings is 1. The molecule has 1 aliphatic heterocycles. The molecule has 162 valence electrons. The minimum atomic E-state index is -1.13. The molecule has 1 amide bonds. The Morgan fingerprint density at radius 3 is 2.66 bits per heavy atom. The third-order valence-electron chi connectivity index (χ3n) is 4.68. The van der Waals surface area contributed by atoms with Crippen molar-refractivity contribution in [3.63, 3.8) is 0 Å². The molecule has 0 spiro atoms. The molecule has 0 saturated carbocycles. The molecule has 2 aromatic carbocycles. The Labute approximate surface area is 193 Å². The summed E-state index contributed by atoms with van der Waals surface area (Å²) in [5, 5.41) is 12.5. The van der Waals surface area contributed by atoms with Crippen LogP contribution in [0.3, 0.4) is 0 Å². The summed E-state index contributed by atoms with van der Waals surface area (Å²) in [6.07, 6.45) is 1.54. The Morgan fingerprint density at radius 2 is 1.97 bits per heavy atom. The smallest absolute Gasteiger partial charge is 0.337 e. The standard InChI is InChI=1S/C23H17ClN2O5S/c1-2-30-15-6-4-14(5-7-15)26-21(27)19(25-23(26)32)12-16-8-10-20(31-16)13-3-9-18(24)17(11-13)22(28)29/h3-12H,2H2,1H3,(H,25,32)(H,28,29). The number of amides is 1. The summed E-state index contributed by atoms with van der Waals surface area (Å²) in [6.45, 7) is 2.44. The highest BCUT2D eigenvalue weighted by atomic mass is 35.5. The molecule has 2 N–H and O–H groups in total. The number of halogens is 1. The van der Waals surface area contributed by atoms with E-state index < -0.39 is 5.97 Å². The Hall–Kier alpha value is -3.62. The number of carbonyl (C=O) groups is 2. The van der Waals surface area contributed by atoms with Gasteiger partial charge in [0, 0.05) is 11.6 Å². The Balaban J connectivity index is 1.57. The summed E-state index contributed by atoms with van der Waals surface area (Å²) in [7, 11) is 0. The lowest BCUT2D eigenvalue weighted by molar-refractivity contribution is -0.113. The number of hydrogen-bond acceptors (Lipinski definition) is 5. The Kier molecular flexibility index (Phi) is 5.98. The van der Waals surface area contributed by atoms with E-state index in [1.165, 1.54) is 17.0 Å². The average molecular weight is 469 g/mol. The van der Waals surface area contributed by atoms with E-state index >= 15 is 0 Å². The van der Waals surface area contributed by atoms with E-state index in [9.17, 15) is 14.7 Å². The maximum absolute atomic E-state index is 12.9. The predicted octanol–water partition coefficient (Wildman–Crippen LogP) is 4.96. The Bertz CT molecular complexity index is 1250. The van der Waals surface area contributed by atoms with E-state index in [1.54, 1.807) is 48.5 Å². The number of carbonyl (C=O) groups excluding carboxylic acids is 1. The fourth-order valence-corrected chi connectivity index (χ4v) is 3.69. The monoisotopic (exact) mass is 468 g/mol. The lowest BCUT2D eigenvalue weighted by Crippen LogP contribution is -2.30. The van der Waals surface area contributed by atoms with Gasteiger partial charge in [0.1, 0.15) is 23.0 Å². The lowest BCUT2D eigenvalue weighted by Gasteiger charge is -2.14. The Morgan fingerprint density at radius 1 is 1.22 bits per heavy atom. The van der Waals surface area contributed by atoms with Gasteiger partial charge >= 0.3 is 5.97 Å². The van der Waals surface area contributed by atoms with Crippen LogP contribution in [0.15, 0.2) is 64.7 Å². The summed E-state index contributed by atoms with van der Waals surface area (Å²) in [5.41, 5.74) is 1.40. The van der Waals surface area contributed by atoms with Gasteiger partial charge in [-0.2, -0.15) is 0 Å². The number of rotatable bonds is 6. The molecule has 4 rings (SSSR count). The van der Waals surface area contributed by atoms with Crippen molar-refractivity contribution in [1.82, 2.24) is 5.32 Å². The molecular formula is C23H17ClN2O5S. The summed E-state index contributed by atoms with van der Waals surface area (Å²) in [5.74, 6) is 0.0893. The molecule has 0 bridgehead atoms. The molecule has 1 aromatic heterocycles. The SMILES string of the molecule is CCOc1ccc(N2C(=O)C(=Cc3ccc(-c4ccc(Cl)c(C(=O)O)c4)o3)NC2=S)cc1. The van der Waals surface area contributed by atoms with E-state index in [-0.39, 0.29) is 27.3 Å². The van der Waals surface area contributed by atoms with Gasteiger partial charge in [0.15, 0.2) is 5.11 Å². The van der Waals surface area contributed by atoms with Crippen molar-refractivity contribution in [3.05, 3.63) is 76.6 Å². The van der Waals surface area contributed by atoms with Gasteiger partial charge in [0.05, 0.1) is 22.9 Å². The minimum absolute atomic E-state index is 0.0237. The summed E-state index contributed by atoms with van der Waals surface area (Å²) in [6, 6.07) is 15.0. The van der Waals surface area contributed by atoms with Crippen LogP contribution in [-0.4, -0.2) is 28.7 Å². The van der Waals surface area contributed by atoms with E-state index in [1.807, 2.05) is 6.92 Å². The number of thiocarbonyl (C=S) groups is 1. The van der Waals surface area contributed by atoms with Gasteiger partial charge in [0.2, 0.25) is 0 Å². The van der Waals surface area contributed by atoms with Gasteiger partial charge in [0.25, 0.3) is 5.91 Å². The zero-order valence-corrected chi connectivity index (χ0v) is 18.4. The predicted molar refractivity (Wildman–Crippen MR) is 125 cm³/mol. The third kappa shape index (κ3) is 4.23. The maximum atomic E-state index is 12.9. The van der Waals surface area contributed by atoms with Crippen LogP contribution in [0.1, 0.15) is 23.0 Å². The van der Waals surface area contributed by atoms with Crippen molar-refractivity contribution >= 4 is 52.6 Å². The zero-order chi connectivity index (χ0) is 22.8. The van der Waals surface area contributed by atoms with Crippen LogP contribution < -0.4 is 15.0 Å². The van der Waals surface area contributed by atoms with E-state index in [0.29, 0.717) is 35.1 Å². The highest BCUT2D eigenvalue weighted by molar-refractivity contribution is 7.80. The normalized spacial score (nSPS) is 14.7. The lowest BCUT2D eigenvalue weighted by atomic mass is 10.1. The zero-order valence-electron chi connectivity index (χ0n) is 16.8. The van der Waals surface area contributed by atoms with Gasteiger partial charge in [-0.15, -0.1) is 0 Å². The van der Waals surface area contributed by atoms with Crippen LogP contribution in [0.4, 0.5) is 5.69 Å². The van der Waals surface area contributed by atoms with Crippen LogP contribution in [0.2, 0.25) is 5.02 Å². The third-order valence-corrected chi connectivity index (χ3v) is 5.29. The molecule has 1 aliphatic rings. The second-order valence-corrected chi connectivity index (χ2v) is 7.55. The molecular weight excluding hydrogens is 452 g/mol. The van der Waals surface area contributed by atoms with E-state index in [0.717, 1.165) is 0 Å². The summed E-state index contributed by atoms with van der Waals surface area (Å²) < 4.78 is 11.2. The first-order valence-electron chi connectivity index (χ1n) is 9.60. The maximum Gasteiger partial charge on any atom is 0.337 e. The molecule has 0 unspecified atom stereocenters. The number of nitrogens with one attached hydrogen (secondary N) is 1. The molecule has 9 heteroatoms. The second kappa shape index (κ2) is 8.86. The fraction of sp³-hybridized carbons (Fsp3) is 0.0870. The topological polar surface area (TPSA) is 92.0 Å². The van der Waals surface area contributed by atoms with Gasteiger partial charge < -0.3 is 19.6 Å². The molecule has 0 radical (unpaired) electrons. The van der Waals surface area contributed by atoms with Crippen molar-refractivity contribution in [3.8, 4) is 17.1 Å². The number of benzene rings is 2. The molecule has 7 nitrogen and oxygen atoms in total. The molecule has 2 heterocycles. The number of carboxylic acid groups (broad SMARTS) is 1. The summed E-state index contributed by atoms with van der Waals surface area (Å²) >= 11 is 11.3. The highest BCUT2D eigenvalue weighted by Gasteiger charge is 2.32. The van der Waals surface area contributed by atoms with Crippen LogP contribution in [0, 0.1) is 0 Å². The van der Waals surface area contributed by atoms with Crippen LogP contribution in [0.5, 0.6) is 5.75 Å². The molecule has 32 heavy (non-hydrogen) atoms. The summed E-state index contributed by atoms with van der Waals surface area (Å²) in [4.78, 5) is 25.6.